The Morgan fingerprint density at radius 3 is 2.64 bits per heavy atom. The number of halogens is 1. The smallest absolute Gasteiger partial charge is 0.226 e. The third-order valence-corrected chi connectivity index (χ3v) is 4.95. The summed E-state index contributed by atoms with van der Waals surface area (Å²) in [5, 5.41) is 10.9. The lowest BCUT2D eigenvalue weighted by molar-refractivity contribution is 0.572. The number of hydrogen-bond donors (Lipinski definition) is 2. The van der Waals surface area contributed by atoms with Gasteiger partial charge in [-0.2, -0.15) is 5.10 Å². The van der Waals surface area contributed by atoms with Gasteiger partial charge in [-0.25, -0.2) is 9.98 Å². The van der Waals surface area contributed by atoms with Gasteiger partial charge in [0, 0.05) is 24.5 Å². The largest absolute Gasteiger partial charge is 0.444 e. The van der Waals surface area contributed by atoms with Gasteiger partial charge < -0.3 is 15.1 Å². The summed E-state index contributed by atoms with van der Waals surface area (Å²) in [4.78, 5) is 9.31. The van der Waals surface area contributed by atoms with Crippen LogP contribution in [0.5, 0.6) is 0 Å². The number of nitrogens with one attached hydrogen (secondary N) is 2. The van der Waals surface area contributed by atoms with Gasteiger partial charge in [-0.3, -0.25) is 4.68 Å². The highest BCUT2D eigenvalue weighted by atomic mass is 127. The Labute approximate surface area is 211 Å². The summed E-state index contributed by atoms with van der Waals surface area (Å²) in [6.45, 7) is 6.74. The molecule has 4 aromatic rings. The van der Waals surface area contributed by atoms with Crippen LogP contribution in [-0.4, -0.2) is 27.3 Å². The molecule has 2 heterocycles. The molecule has 0 bridgehead atoms. The van der Waals surface area contributed by atoms with E-state index in [1.54, 1.807) is 12.5 Å². The number of aliphatic imine (C=N–C) groups is 1. The maximum absolute atomic E-state index is 5.65. The molecule has 172 valence electrons. The standard InChI is InChI=1S/C25H28N6O.HI/c1-3-26-25(27-15-20-6-4-7-21(14-20)17-31-13-5-12-29-31)28-16-23-18-32-24(30-23)22-10-8-19(2)9-11-22;/h4-14,18H,3,15-17H2,1-2H3,(H2,26,27,28);1H. The van der Waals surface area contributed by atoms with E-state index in [4.69, 9.17) is 9.41 Å². The first kappa shape index (κ1) is 24.5. The first-order valence-electron chi connectivity index (χ1n) is 10.8. The van der Waals surface area contributed by atoms with Gasteiger partial charge in [0.2, 0.25) is 5.89 Å². The molecular formula is C25H29IN6O. The van der Waals surface area contributed by atoms with Crippen LogP contribution < -0.4 is 10.6 Å². The van der Waals surface area contributed by atoms with E-state index in [0.29, 0.717) is 19.0 Å². The molecule has 0 aliphatic carbocycles. The second kappa shape index (κ2) is 12.2. The number of hydrogen-bond acceptors (Lipinski definition) is 4. The van der Waals surface area contributed by atoms with Crippen LogP contribution in [0.4, 0.5) is 0 Å². The third-order valence-electron chi connectivity index (χ3n) is 4.95. The Balaban J connectivity index is 0.00000306. The number of oxazole rings is 1. The van der Waals surface area contributed by atoms with Gasteiger partial charge in [0.15, 0.2) is 5.96 Å². The molecule has 7 nitrogen and oxygen atoms in total. The maximum Gasteiger partial charge on any atom is 0.226 e. The quantitative estimate of drug-likeness (QED) is 0.186. The highest BCUT2D eigenvalue weighted by Crippen LogP contribution is 2.19. The van der Waals surface area contributed by atoms with E-state index >= 15 is 0 Å². The molecule has 0 saturated carbocycles. The summed E-state index contributed by atoms with van der Waals surface area (Å²) >= 11 is 0. The molecule has 4 rings (SSSR count). The summed E-state index contributed by atoms with van der Waals surface area (Å²) in [6, 6.07) is 18.5. The van der Waals surface area contributed by atoms with Crippen molar-refractivity contribution in [1.29, 1.82) is 0 Å². The summed E-state index contributed by atoms with van der Waals surface area (Å²) in [7, 11) is 0. The Morgan fingerprint density at radius 2 is 1.88 bits per heavy atom. The van der Waals surface area contributed by atoms with Crippen molar-refractivity contribution in [2.45, 2.75) is 33.5 Å². The monoisotopic (exact) mass is 556 g/mol. The van der Waals surface area contributed by atoms with Crippen LogP contribution in [0.2, 0.25) is 0 Å². The molecule has 33 heavy (non-hydrogen) atoms. The zero-order valence-corrected chi connectivity index (χ0v) is 21.2. The Kier molecular flexibility index (Phi) is 9.05. The van der Waals surface area contributed by atoms with E-state index in [0.717, 1.165) is 35.9 Å². The van der Waals surface area contributed by atoms with Gasteiger partial charge in [0.05, 0.1) is 25.3 Å². The highest BCUT2D eigenvalue weighted by Gasteiger charge is 2.07. The predicted molar refractivity (Wildman–Crippen MR) is 142 cm³/mol. The van der Waals surface area contributed by atoms with Crippen molar-refractivity contribution in [2.24, 2.45) is 4.99 Å². The van der Waals surface area contributed by atoms with E-state index in [-0.39, 0.29) is 24.0 Å². The predicted octanol–water partition coefficient (Wildman–Crippen LogP) is 4.77. The van der Waals surface area contributed by atoms with E-state index in [2.05, 4.69) is 64.0 Å². The molecule has 0 radical (unpaired) electrons. The summed E-state index contributed by atoms with van der Waals surface area (Å²) in [5.41, 5.74) is 5.35. The number of nitrogens with zero attached hydrogens (tertiary/aromatic N) is 4. The molecule has 0 aliphatic rings. The fourth-order valence-corrected chi connectivity index (χ4v) is 3.31. The van der Waals surface area contributed by atoms with Gasteiger partial charge in [-0.1, -0.05) is 42.0 Å². The zero-order valence-electron chi connectivity index (χ0n) is 18.9. The van der Waals surface area contributed by atoms with Crippen molar-refractivity contribution in [2.75, 3.05) is 6.54 Å². The fourth-order valence-electron chi connectivity index (χ4n) is 3.31. The van der Waals surface area contributed by atoms with Crippen molar-refractivity contribution >= 4 is 29.9 Å². The number of guanidine groups is 1. The van der Waals surface area contributed by atoms with Crippen LogP contribution in [-0.2, 0) is 19.6 Å². The van der Waals surface area contributed by atoms with Crippen LogP contribution in [0.3, 0.4) is 0 Å². The highest BCUT2D eigenvalue weighted by molar-refractivity contribution is 14.0. The van der Waals surface area contributed by atoms with Crippen LogP contribution in [0, 0.1) is 6.92 Å². The van der Waals surface area contributed by atoms with Gasteiger partial charge in [-0.15, -0.1) is 24.0 Å². The molecule has 0 atom stereocenters. The van der Waals surface area contributed by atoms with Gasteiger partial charge in [0.1, 0.15) is 6.26 Å². The topological polar surface area (TPSA) is 80.3 Å². The lowest BCUT2D eigenvalue weighted by Crippen LogP contribution is -2.36. The van der Waals surface area contributed by atoms with E-state index in [1.807, 2.05) is 36.0 Å². The second-order valence-electron chi connectivity index (χ2n) is 7.58. The van der Waals surface area contributed by atoms with E-state index in [1.165, 1.54) is 11.1 Å². The van der Waals surface area contributed by atoms with Crippen LogP contribution >= 0.6 is 24.0 Å². The van der Waals surface area contributed by atoms with Crippen LogP contribution in [0.15, 0.2) is 82.7 Å². The normalized spacial score (nSPS) is 11.2. The minimum atomic E-state index is 0. The number of aryl methyl sites for hydroxylation is 1. The molecule has 0 amide bonds. The maximum atomic E-state index is 5.65. The summed E-state index contributed by atoms with van der Waals surface area (Å²) < 4.78 is 7.56. The molecule has 2 aromatic carbocycles. The number of aromatic nitrogens is 3. The number of rotatable bonds is 8. The van der Waals surface area contributed by atoms with Gasteiger partial charge in [0.25, 0.3) is 0 Å². The third kappa shape index (κ3) is 7.18. The molecule has 2 N–H and O–H groups in total. The van der Waals surface area contributed by atoms with E-state index in [9.17, 15) is 0 Å². The molecule has 0 aliphatic heterocycles. The molecule has 2 aromatic heterocycles. The molecule has 0 fully saturated rings. The van der Waals surface area contributed by atoms with Crippen molar-refractivity contribution in [3.63, 3.8) is 0 Å². The lowest BCUT2D eigenvalue weighted by Gasteiger charge is -2.10. The minimum absolute atomic E-state index is 0. The summed E-state index contributed by atoms with van der Waals surface area (Å²) in [5.74, 6) is 1.36. The SMILES string of the molecule is CCNC(=NCc1cccc(Cn2cccn2)c1)NCc1coc(-c2ccc(C)cc2)n1.I. The zero-order chi connectivity index (χ0) is 22.2. The average molecular weight is 556 g/mol. The van der Waals surface area contributed by atoms with Crippen LogP contribution in [0.1, 0.15) is 29.3 Å². The Morgan fingerprint density at radius 1 is 1.06 bits per heavy atom. The van der Waals surface area contributed by atoms with Crippen molar-refractivity contribution in [3.05, 3.63) is 95.6 Å². The molecule has 0 spiro atoms. The molecule has 8 heteroatoms. The van der Waals surface area contributed by atoms with Crippen molar-refractivity contribution in [3.8, 4) is 11.5 Å². The average Bonchev–Trinajstić information content (AvgIpc) is 3.49. The minimum Gasteiger partial charge on any atom is -0.444 e. The first-order valence-corrected chi connectivity index (χ1v) is 10.8. The first-order chi connectivity index (χ1) is 15.7. The fraction of sp³-hybridized carbons (Fsp3) is 0.240. The Hall–Kier alpha value is -3.14. The van der Waals surface area contributed by atoms with Crippen molar-refractivity contribution in [1.82, 2.24) is 25.4 Å². The molecular weight excluding hydrogens is 527 g/mol. The van der Waals surface area contributed by atoms with Crippen LogP contribution in [0.25, 0.3) is 11.5 Å². The Bertz CT molecular complexity index is 1150. The van der Waals surface area contributed by atoms with Gasteiger partial charge in [-0.05, 0) is 43.2 Å². The lowest BCUT2D eigenvalue weighted by atomic mass is 10.1. The van der Waals surface area contributed by atoms with Gasteiger partial charge >= 0.3 is 0 Å². The van der Waals surface area contributed by atoms with E-state index < -0.39 is 0 Å². The molecule has 0 unspecified atom stereocenters. The second-order valence-corrected chi connectivity index (χ2v) is 7.58. The molecule has 0 saturated heterocycles. The van der Waals surface area contributed by atoms with Crippen molar-refractivity contribution < 1.29 is 4.42 Å². The summed E-state index contributed by atoms with van der Waals surface area (Å²) in [6.07, 6.45) is 5.44. The number of benzene rings is 2.